The van der Waals surface area contributed by atoms with Crippen LogP contribution in [0.3, 0.4) is 0 Å². The van der Waals surface area contributed by atoms with Gasteiger partial charge in [0.1, 0.15) is 19.0 Å². The summed E-state index contributed by atoms with van der Waals surface area (Å²) in [6.07, 6.45) is 7.43. The van der Waals surface area contributed by atoms with Gasteiger partial charge in [-0.2, -0.15) is 0 Å². The zero-order valence-corrected chi connectivity index (χ0v) is 23.7. The van der Waals surface area contributed by atoms with Crippen LogP contribution in [0.4, 0.5) is 9.18 Å². The molecular weight excluding hydrogens is 515 g/mol. The van der Waals surface area contributed by atoms with Gasteiger partial charge in [0.2, 0.25) is 0 Å². The molecule has 1 fully saturated rings. The molecule has 0 atom stereocenters. The number of unbranched alkanes of at least 4 members (excludes halogenated alkanes) is 5. The molecule has 2 aromatic carbocycles. The Hall–Kier alpha value is -3.55. The molecule has 1 heterocycles. The van der Waals surface area contributed by atoms with Crippen LogP contribution < -0.4 is 9.47 Å². The second-order valence-corrected chi connectivity index (χ2v) is 10.2. The number of cyclic esters (lactones) is 2. The first-order chi connectivity index (χ1) is 19.4. The molecule has 0 amide bonds. The Bertz CT molecular complexity index is 1100. The molecule has 0 aromatic heterocycles. The van der Waals surface area contributed by atoms with Crippen LogP contribution in [0.15, 0.2) is 48.6 Å². The lowest BCUT2D eigenvalue weighted by atomic mass is 9.99. The van der Waals surface area contributed by atoms with Gasteiger partial charge in [-0.25, -0.2) is 14.0 Å². The highest BCUT2D eigenvalue weighted by Gasteiger charge is 2.23. The monoisotopic (exact) mass is 556 g/mol. The molecule has 0 aliphatic carbocycles. The molecule has 0 N–H and O–H groups in total. The van der Waals surface area contributed by atoms with Crippen molar-refractivity contribution >= 4 is 12.1 Å². The summed E-state index contributed by atoms with van der Waals surface area (Å²) >= 11 is 0. The second-order valence-electron chi connectivity index (χ2n) is 10.2. The standard InChI is InChI=1S/C32H41FO7/c1-4-5-6-7-8-9-16-36-28-14-12-25(13-15-28)27-18-26(11-10-17-37-31(34)23(2)3)30(29(33)19-27)38-20-24-21-39-32(35)40-22-24/h12-15,18-19,24H,2,4-11,16-17,20-22H2,1,3H3. The van der Waals surface area contributed by atoms with Crippen molar-refractivity contribution in [1.82, 2.24) is 0 Å². The Labute approximate surface area is 236 Å². The van der Waals surface area contributed by atoms with Gasteiger partial charge in [-0.05, 0) is 67.1 Å². The fraction of sp³-hybridized carbons (Fsp3) is 0.500. The number of carbonyl (C=O) groups is 2. The minimum absolute atomic E-state index is 0.130. The summed E-state index contributed by atoms with van der Waals surface area (Å²) in [5.41, 5.74) is 2.53. The third kappa shape index (κ3) is 10.2. The number of esters is 1. The van der Waals surface area contributed by atoms with Crippen LogP contribution in [0.2, 0.25) is 0 Å². The molecule has 0 radical (unpaired) electrons. The minimum atomic E-state index is -0.712. The Morgan fingerprint density at radius 1 is 0.950 bits per heavy atom. The molecule has 0 saturated carbocycles. The van der Waals surface area contributed by atoms with Crippen LogP contribution in [0.25, 0.3) is 11.1 Å². The van der Waals surface area contributed by atoms with E-state index in [2.05, 4.69) is 13.5 Å². The number of rotatable bonds is 17. The van der Waals surface area contributed by atoms with Gasteiger partial charge in [0.05, 0.1) is 25.7 Å². The summed E-state index contributed by atoms with van der Waals surface area (Å²) in [7, 11) is 0. The first-order valence-electron chi connectivity index (χ1n) is 14.2. The van der Waals surface area contributed by atoms with Gasteiger partial charge < -0.3 is 23.7 Å². The lowest BCUT2D eigenvalue weighted by Crippen LogP contribution is -2.31. The Morgan fingerprint density at radius 2 is 1.65 bits per heavy atom. The van der Waals surface area contributed by atoms with E-state index in [1.54, 1.807) is 6.92 Å². The van der Waals surface area contributed by atoms with Gasteiger partial charge in [-0.3, -0.25) is 0 Å². The number of hydrogen-bond acceptors (Lipinski definition) is 7. The maximum Gasteiger partial charge on any atom is 0.508 e. The molecule has 3 rings (SSSR count). The van der Waals surface area contributed by atoms with Crippen LogP contribution in [-0.2, 0) is 25.4 Å². The normalized spacial score (nSPS) is 13.3. The summed E-state index contributed by atoms with van der Waals surface area (Å²) in [5.74, 6) is -0.242. The molecular formula is C32H41FO7. The number of carbonyl (C=O) groups excluding carboxylic acids is 2. The van der Waals surface area contributed by atoms with E-state index < -0.39 is 17.9 Å². The van der Waals surface area contributed by atoms with Gasteiger partial charge in [-0.1, -0.05) is 57.7 Å². The average Bonchev–Trinajstić information content (AvgIpc) is 2.95. The lowest BCUT2D eigenvalue weighted by molar-refractivity contribution is -0.139. The quantitative estimate of drug-likeness (QED) is 0.114. The van der Waals surface area contributed by atoms with E-state index in [1.807, 2.05) is 30.3 Å². The Morgan fingerprint density at radius 3 is 2.35 bits per heavy atom. The van der Waals surface area contributed by atoms with Gasteiger partial charge in [0.15, 0.2) is 11.6 Å². The van der Waals surface area contributed by atoms with Gasteiger partial charge >= 0.3 is 12.1 Å². The second kappa shape index (κ2) is 16.5. The summed E-state index contributed by atoms with van der Waals surface area (Å²) < 4.78 is 42.1. The predicted molar refractivity (Wildman–Crippen MR) is 151 cm³/mol. The number of hydrogen-bond donors (Lipinski definition) is 0. The molecule has 0 spiro atoms. The third-order valence-corrected chi connectivity index (χ3v) is 6.58. The average molecular weight is 557 g/mol. The van der Waals surface area contributed by atoms with Crippen molar-refractivity contribution in [3.63, 3.8) is 0 Å². The predicted octanol–water partition coefficient (Wildman–Crippen LogP) is 7.45. The summed E-state index contributed by atoms with van der Waals surface area (Å²) in [5, 5.41) is 0. The van der Waals surface area contributed by atoms with Gasteiger partial charge in [0, 0.05) is 5.57 Å². The van der Waals surface area contributed by atoms with Crippen molar-refractivity contribution in [2.24, 2.45) is 5.92 Å². The highest BCUT2D eigenvalue weighted by Crippen LogP contribution is 2.32. The maximum absolute atomic E-state index is 15.4. The summed E-state index contributed by atoms with van der Waals surface area (Å²) in [4.78, 5) is 22.9. The van der Waals surface area contributed by atoms with E-state index in [1.165, 1.54) is 38.2 Å². The number of ether oxygens (including phenoxy) is 5. The summed E-state index contributed by atoms with van der Waals surface area (Å²) in [6, 6.07) is 11.0. The van der Waals surface area contributed by atoms with E-state index in [0.717, 1.165) is 17.7 Å². The number of halogens is 1. The van der Waals surface area contributed by atoms with E-state index in [4.69, 9.17) is 23.7 Å². The highest BCUT2D eigenvalue weighted by molar-refractivity contribution is 5.86. The number of benzene rings is 2. The van der Waals surface area contributed by atoms with Crippen molar-refractivity contribution in [1.29, 1.82) is 0 Å². The van der Waals surface area contributed by atoms with Crippen LogP contribution >= 0.6 is 0 Å². The first-order valence-corrected chi connectivity index (χ1v) is 14.2. The van der Waals surface area contributed by atoms with Crippen LogP contribution in [-0.4, -0.2) is 45.2 Å². The molecule has 1 saturated heterocycles. The van der Waals surface area contributed by atoms with Crippen LogP contribution in [0.5, 0.6) is 11.5 Å². The fourth-order valence-corrected chi connectivity index (χ4v) is 4.29. The molecule has 0 unspecified atom stereocenters. The highest BCUT2D eigenvalue weighted by atomic mass is 19.1. The molecule has 218 valence electrons. The van der Waals surface area contributed by atoms with Crippen molar-refractivity contribution < 1.29 is 37.7 Å². The molecule has 1 aliphatic rings. The van der Waals surface area contributed by atoms with Crippen molar-refractivity contribution in [3.05, 3.63) is 59.9 Å². The van der Waals surface area contributed by atoms with E-state index in [9.17, 15) is 9.59 Å². The van der Waals surface area contributed by atoms with Gasteiger partial charge in [-0.15, -0.1) is 0 Å². The fourth-order valence-electron chi connectivity index (χ4n) is 4.29. The molecule has 0 bridgehead atoms. The van der Waals surface area contributed by atoms with Crippen molar-refractivity contribution in [3.8, 4) is 22.6 Å². The lowest BCUT2D eigenvalue weighted by Gasteiger charge is -2.23. The zero-order valence-electron chi connectivity index (χ0n) is 23.7. The maximum atomic E-state index is 15.4. The Balaban J connectivity index is 1.65. The summed E-state index contributed by atoms with van der Waals surface area (Å²) in [6.45, 7) is 8.67. The molecule has 2 aromatic rings. The minimum Gasteiger partial charge on any atom is -0.494 e. The molecule has 7 nitrogen and oxygen atoms in total. The topological polar surface area (TPSA) is 80.3 Å². The van der Waals surface area contributed by atoms with Crippen LogP contribution in [0, 0.1) is 11.7 Å². The largest absolute Gasteiger partial charge is 0.508 e. The van der Waals surface area contributed by atoms with E-state index in [-0.39, 0.29) is 38.1 Å². The van der Waals surface area contributed by atoms with E-state index in [0.29, 0.717) is 36.1 Å². The number of aryl methyl sites for hydroxylation is 1. The van der Waals surface area contributed by atoms with Crippen molar-refractivity contribution in [2.45, 2.75) is 65.2 Å². The van der Waals surface area contributed by atoms with E-state index >= 15 is 4.39 Å². The molecule has 1 aliphatic heterocycles. The third-order valence-electron chi connectivity index (χ3n) is 6.58. The smallest absolute Gasteiger partial charge is 0.494 e. The van der Waals surface area contributed by atoms with Crippen molar-refractivity contribution in [2.75, 3.05) is 33.0 Å². The Kier molecular flexibility index (Phi) is 12.8. The SMILES string of the molecule is C=C(C)C(=O)OCCCc1cc(-c2ccc(OCCCCCCCC)cc2)cc(F)c1OCC1COC(=O)OC1. The first kappa shape index (κ1) is 31.0. The van der Waals surface area contributed by atoms with Gasteiger partial charge in [0.25, 0.3) is 0 Å². The molecule has 40 heavy (non-hydrogen) atoms. The van der Waals surface area contributed by atoms with Crippen LogP contribution in [0.1, 0.15) is 64.4 Å². The molecule has 8 heteroatoms. The zero-order chi connectivity index (χ0) is 28.7.